The summed E-state index contributed by atoms with van der Waals surface area (Å²) >= 11 is 0. The molecule has 0 aromatic heterocycles. The molecule has 2 aromatic carbocycles. The van der Waals surface area contributed by atoms with E-state index in [0.29, 0.717) is 49.7 Å². The molecule has 0 atom stereocenters. The van der Waals surface area contributed by atoms with Gasteiger partial charge in [0.05, 0.1) is 33.3 Å². The fourth-order valence-corrected chi connectivity index (χ4v) is 7.78. The summed E-state index contributed by atoms with van der Waals surface area (Å²) in [5.41, 5.74) is -1.12. The highest BCUT2D eigenvalue weighted by Crippen LogP contribution is 2.41. The van der Waals surface area contributed by atoms with Crippen LogP contribution in [0.4, 0.5) is 0 Å². The van der Waals surface area contributed by atoms with Crippen molar-refractivity contribution in [1.29, 1.82) is 0 Å². The fourth-order valence-electron chi connectivity index (χ4n) is 7.78. The van der Waals surface area contributed by atoms with Crippen molar-refractivity contribution < 1.29 is 38.3 Å². The molecule has 0 aliphatic carbocycles. The van der Waals surface area contributed by atoms with Gasteiger partial charge in [-0.15, -0.1) is 10.1 Å². The molecular formula is C40H56N2O8. The molecule has 0 radical (unpaired) electrons. The molecule has 10 heteroatoms. The predicted molar refractivity (Wildman–Crippen MR) is 190 cm³/mol. The monoisotopic (exact) mass is 692 g/mol. The lowest BCUT2D eigenvalue weighted by molar-refractivity contribution is -0.276. The summed E-state index contributed by atoms with van der Waals surface area (Å²) in [6, 6.07) is 17.9. The van der Waals surface area contributed by atoms with Gasteiger partial charge in [0.1, 0.15) is 12.2 Å². The van der Waals surface area contributed by atoms with Crippen LogP contribution in [-0.4, -0.2) is 68.4 Å². The van der Waals surface area contributed by atoms with Gasteiger partial charge in [-0.2, -0.15) is 0 Å². The average Bonchev–Trinajstić information content (AvgIpc) is 3.02. The SMILES string of the molecule is CC1(C)CC(OC(=O)c2ccccc2)CC(C)(C)N1OC(=O)CCCCCCC(=O)ON1C(C)(C)CC(OC(=O)c2ccccc2)CC1(C)C. The summed E-state index contributed by atoms with van der Waals surface area (Å²) in [4.78, 5) is 63.0. The smallest absolute Gasteiger partial charge is 0.338 e. The van der Waals surface area contributed by atoms with Gasteiger partial charge < -0.3 is 19.1 Å². The van der Waals surface area contributed by atoms with E-state index in [-0.39, 0.29) is 48.9 Å². The van der Waals surface area contributed by atoms with Crippen LogP contribution in [0.1, 0.15) is 140 Å². The van der Waals surface area contributed by atoms with Crippen molar-refractivity contribution in [3.8, 4) is 0 Å². The van der Waals surface area contributed by atoms with Crippen LogP contribution in [0.2, 0.25) is 0 Å². The van der Waals surface area contributed by atoms with Crippen molar-refractivity contribution >= 4 is 23.9 Å². The highest BCUT2D eigenvalue weighted by Gasteiger charge is 2.50. The van der Waals surface area contributed by atoms with Crippen molar-refractivity contribution in [2.24, 2.45) is 0 Å². The van der Waals surface area contributed by atoms with Crippen LogP contribution in [0.25, 0.3) is 0 Å². The Balaban J connectivity index is 1.16. The molecule has 2 aliphatic heterocycles. The third kappa shape index (κ3) is 10.4. The van der Waals surface area contributed by atoms with Gasteiger partial charge in [-0.25, -0.2) is 9.59 Å². The van der Waals surface area contributed by atoms with Crippen molar-refractivity contribution in [3.05, 3.63) is 71.8 Å². The minimum absolute atomic E-state index is 0.270. The van der Waals surface area contributed by atoms with E-state index in [4.69, 9.17) is 19.1 Å². The number of rotatable bonds is 13. The Kier molecular flexibility index (Phi) is 12.5. The molecule has 4 rings (SSSR count). The van der Waals surface area contributed by atoms with Crippen LogP contribution in [-0.2, 0) is 28.7 Å². The Hall–Kier alpha value is -3.76. The summed E-state index contributed by atoms with van der Waals surface area (Å²) in [5.74, 6) is -1.30. The third-order valence-electron chi connectivity index (χ3n) is 9.57. The largest absolute Gasteiger partial charge is 0.459 e. The van der Waals surface area contributed by atoms with Gasteiger partial charge in [0, 0.05) is 38.5 Å². The standard InChI is InChI=1S/C40H56N2O8/c1-37(2)25-31(47-35(45)29-19-13-11-14-20-29)26-38(3,4)41(37)49-33(43)23-17-9-10-18-24-34(44)50-42-39(5,6)27-32(28-40(42,7)8)48-36(46)30-21-15-12-16-22-30/h11-16,19-22,31-32H,9-10,17-18,23-28H2,1-8H3. The van der Waals surface area contributed by atoms with E-state index in [2.05, 4.69) is 0 Å². The molecule has 0 saturated carbocycles. The van der Waals surface area contributed by atoms with E-state index < -0.39 is 22.2 Å². The van der Waals surface area contributed by atoms with Crippen LogP contribution < -0.4 is 0 Å². The summed E-state index contributed by atoms with van der Waals surface area (Å²) < 4.78 is 11.7. The topological polar surface area (TPSA) is 112 Å². The molecule has 50 heavy (non-hydrogen) atoms. The normalized spacial score (nSPS) is 20.4. The van der Waals surface area contributed by atoms with E-state index in [1.807, 2.05) is 91.8 Å². The van der Waals surface area contributed by atoms with Crippen LogP contribution in [0, 0.1) is 0 Å². The first-order valence-electron chi connectivity index (χ1n) is 17.9. The summed E-state index contributed by atoms with van der Waals surface area (Å²) in [6.07, 6.45) is 4.93. The molecular weight excluding hydrogens is 636 g/mol. The molecule has 2 heterocycles. The number of hydrogen-bond acceptors (Lipinski definition) is 10. The van der Waals surface area contributed by atoms with Crippen molar-refractivity contribution in [3.63, 3.8) is 0 Å². The maximum absolute atomic E-state index is 12.9. The molecule has 0 N–H and O–H groups in total. The number of carbonyl (C=O) groups is 4. The Morgan fingerprint density at radius 1 is 0.520 bits per heavy atom. The first kappa shape index (κ1) is 39.0. The van der Waals surface area contributed by atoms with Crippen molar-refractivity contribution in [1.82, 2.24) is 10.1 Å². The second kappa shape index (κ2) is 16.1. The number of nitrogens with zero attached hydrogens (tertiary/aromatic N) is 2. The first-order valence-corrected chi connectivity index (χ1v) is 17.9. The van der Waals surface area contributed by atoms with Crippen molar-refractivity contribution in [2.75, 3.05) is 0 Å². The molecule has 0 spiro atoms. The second-order valence-electron chi connectivity index (χ2n) is 16.3. The summed E-state index contributed by atoms with van der Waals surface area (Å²) in [6.45, 7) is 16.0. The number of unbranched alkanes of at least 4 members (excludes halogenated alkanes) is 3. The van der Waals surface area contributed by atoms with Gasteiger partial charge in [0.25, 0.3) is 0 Å². The maximum atomic E-state index is 12.9. The zero-order valence-corrected chi connectivity index (χ0v) is 31.2. The van der Waals surface area contributed by atoms with Gasteiger partial charge in [0.2, 0.25) is 0 Å². The molecule has 0 amide bonds. The maximum Gasteiger partial charge on any atom is 0.338 e. The predicted octanol–water partition coefficient (Wildman–Crippen LogP) is 8.00. The molecule has 2 aliphatic rings. The first-order chi connectivity index (χ1) is 23.4. The number of esters is 2. The van der Waals surface area contributed by atoms with Gasteiger partial charge >= 0.3 is 23.9 Å². The number of hydroxylamine groups is 4. The lowest BCUT2D eigenvalue weighted by Gasteiger charge is -2.52. The van der Waals surface area contributed by atoms with E-state index in [1.165, 1.54) is 0 Å². The van der Waals surface area contributed by atoms with Gasteiger partial charge in [-0.05, 0) is 92.5 Å². The highest BCUT2D eigenvalue weighted by atomic mass is 16.7. The Labute approximate surface area is 297 Å². The minimum Gasteiger partial charge on any atom is -0.459 e. The molecule has 2 fully saturated rings. The van der Waals surface area contributed by atoms with Crippen LogP contribution in [0.3, 0.4) is 0 Å². The molecule has 274 valence electrons. The fraction of sp³-hybridized carbons (Fsp3) is 0.600. The Morgan fingerprint density at radius 2 is 0.820 bits per heavy atom. The van der Waals surface area contributed by atoms with Crippen LogP contribution in [0.5, 0.6) is 0 Å². The lowest BCUT2D eigenvalue weighted by Crippen LogP contribution is -2.62. The zero-order valence-electron chi connectivity index (χ0n) is 31.2. The molecule has 0 unspecified atom stereocenters. The highest BCUT2D eigenvalue weighted by molar-refractivity contribution is 5.90. The number of hydrogen-bond donors (Lipinski definition) is 0. The van der Waals surface area contributed by atoms with E-state index in [0.717, 1.165) is 12.8 Å². The number of ether oxygens (including phenoxy) is 2. The molecule has 2 saturated heterocycles. The number of carbonyl (C=O) groups excluding carboxylic acids is 4. The lowest BCUT2D eigenvalue weighted by atomic mass is 9.80. The summed E-state index contributed by atoms with van der Waals surface area (Å²) in [5, 5.41) is 3.54. The molecule has 2 aromatic rings. The van der Waals surface area contributed by atoms with Gasteiger partial charge in [-0.1, -0.05) is 49.2 Å². The minimum atomic E-state index is -0.537. The number of piperidine rings is 2. The molecule has 0 bridgehead atoms. The summed E-state index contributed by atoms with van der Waals surface area (Å²) in [7, 11) is 0. The van der Waals surface area contributed by atoms with Crippen LogP contribution in [0.15, 0.2) is 60.7 Å². The third-order valence-corrected chi connectivity index (χ3v) is 9.57. The van der Waals surface area contributed by atoms with E-state index in [9.17, 15) is 19.2 Å². The zero-order chi connectivity index (χ0) is 36.7. The number of benzene rings is 2. The van der Waals surface area contributed by atoms with Gasteiger partial charge in [0.15, 0.2) is 0 Å². The Morgan fingerprint density at radius 3 is 1.12 bits per heavy atom. The van der Waals surface area contributed by atoms with Crippen LogP contribution >= 0.6 is 0 Å². The second-order valence-corrected chi connectivity index (χ2v) is 16.3. The van der Waals surface area contributed by atoms with Crippen molar-refractivity contribution in [2.45, 2.75) is 154 Å². The average molecular weight is 693 g/mol. The van der Waals surface area contributed by atoms with E-state index >= 15 is 0 Å². The van der Waals surface area contributed by atoms with Gasteiger partial charge in [-0.3, -0.25) is 9.59 Å². The molecule has 10 nitrogen and oxygen atoms in total. The Bertz CT molecular complexity index is 1320. The quantitative estimate of drug-likeness (QED) is 0.151. The van der Waals surface area contributed by atoms with E-state index in [1.54, 1.807) is 34.4 Å².